The van der Waals surface area contributed by atoms with Crippen LogP contribution in [-0.4, -0.2) is 80.1 Å². The van der Waals surface area contributed by atoms with E-state index in [2.05, 4.69) is 52.0 Å². The number of benzene rings is 1. The van der Waals surface area contributed by atoms with E-state index in [1.165, 1.54) is 18.7 Å². The summed E-state index contributed by atoms with van der Waals surface area (Å²) in [6.07, 6.45) is 0. The van der Waals surface area contributed by atoms with Gasteiger partial charge in [0, 0.05) is 64.4 Å². The van der Waals surface area contributed by atoms with Crippen LogP contribution in [-0.2, 0) is 6.54 Å². The number of hydrogen-bond acceptors (Lipinski definition) is 3. The van der Waals surface area contributed by atoms with E-state index in [4.69, 9.17) is 11.6 Å². The summed E-state index contributed by atoms with van der Waals surface area (Å²) in [4.78, 5) is 11.6. The molecule has 1 aromatic carbocycles. The van der Waals surface area contributed by atoms with Crippen molar-refractivity contribution in [2.75, 3.05) is 53.4 Å². The second-order valence-corrected chi connectivity index (χ2v) is 7.17. The number of nitrogens with one attached hydrogen (secondary N) is 1. The van der Waals surface area contributed by atoms with Crippen molar-refractivity contribution < 1.29 is 0 Å². The number of halogens is 1. The van der Waals surface area contributed by atoms with E-state index in [-0.39, 0.29) is 0 Å². The SMILES string of the molecule is CCN1CCN(C(C)CNC(=NC)N(C)Cc2cccc(Cl)c2)CC1. The molecule has 6 heteroatoms. The summed E-state index contributed by atoms with van der Waals surface area (Å²) in [5.41, 5.74) is 1.18. The number of hydrogen-bond donors (Lipinski definition) is 1. The quantitative estimate of drug-likeness (QED) is 0.620. The molecule has 1 unspecified atom stereocenters. The molecule has 0 spiro atoms. The smallest absolute Gasteiger partial charge is 0.193 e. The van der Waals surface area contributed by atoms with Crippen molar-refractivity contribution in [3.8, 4) is 0 Å². The van der Waals surface area contributed by atoms with E-state index in [9.17, 15) is 0 Å². The van der Waals surface area contributed by atoms with Gasteiger partial charge in [-0.2, -0.15) is 0 Å². The van der Waals surface area contributed by atoms with Gasteiger partial charge in [0.25, 0.3) is 0 Å². The van der Waals surface area contributed by atoms with Crippen molar-refractivity contribution in [1.29, 1.82) is 0 Å². The summed E-state index contributed by atoms with van der Waals surface area (Å²) in [7, 11) is 3.89. The zero-order chi connectivity index (χ0) is 18.2. The van der Waals surface area contributed by atoms with Gasteiger partial charge in [-0.05, 0) is 31.2 Å². The highest BCUT2D eigenvalue weighted by Crippen LogP contribution is 2.12. The van der Waals surface area contributed by atoms with E-state index in [0.29, 0.717) is 6.04 Å². The summed E-state index contributed by atoms with van der Waals surface area (Å²) in [5, 5.41) is 4.29. The summed E-state index contributed by atoms with van der Waals surface area (Å²) in [6.45, 7) is 12.0. The number of aliphatic imine (C=N–C) groups is 1. The van der Waals surface area contributed by atoms with Gasteiger partial charge in [-0.15, -0.1) is 0 Å². The predicted molar refractivity (Wildman–Crippen MR) is 107 cm³/mol. The zero-order valence-electron chi connectivity index (χ0n) is 16.0. The van der Waals surface area contributed by atoms with E-state index < -0.39 is 0 Å². The Bertz CT molecular complexity index is 555. The second-order valence-electron chi connectivity index (χ2n) is 6.73. The standard InChI is InChI=1S/C19H32ClN5/c1-5-24-9-11-25(12-10-24)16(2)14-22-19(21-3)23(4)15-17-7-6-8-18(20)13-17/h6-8,13,16H,5,9-12,14-15H2,1-4H3,(H,21,22). The summed E-state index contributed by atoms with van der Waals surface area (Å²) in [6, 6.07) is 8.47. The highest BCUT2D eigenvalue weighted by atomic mass is 35.5. The van der Waals surface area contributed by atoms with Crippen LogP contribution < -0.4 is 5.32 Å². The third kappa shape index (κ3) is 6.17. The van der Waals surface area contributed by atoms with Crippen molar-refractivity contribution in [3.05, 3.63) is 34.9 Å². The second kappa shape index (κ2) is 10.00. The molecule has 140 valence electrons. The highest BCUT2D eigenvalue weighted by Gasteiger charge is 2.20. The van der Waals surface area contributed by atoms with Crippen molar-refractivity contribution in [2.45, 2.75) is 26.4 Å². The maximum absolute atomic E-state index is 6.08. The Balaban J connectivity index is 1.81. The lowest BCUT2D eigenvalue weighted by Gasteiger charge is -2.38. The van der Waals surface area contributed by atoms with Crippen molar-refractivity contribution in [1.82, 2.24) is 20.0 Å². The van der Waals surface area contributed by atoms with E-state index in [1.807, 2.05) is 25.2 Å². The van der Waals surface area contributed by atoms with E-state index in [1.54, 1.807) is 0 Å². The molecular weight excluding hydrogens is 334 g/mol. The zero-order valence-corrected chi connectivity index (χ0v) is 16.8. The maximum Gasteiger partial charge on any atom is 0.193 e. The molecule has 1 atom stereocenters. The van der Waals surface area contributed by atoms with Crippen LogP contribution in [0.1, 0.15) is 19.4 Å². The lowest BCUT2D eigenvalue weighted by Crippen LogP contribution is -2.53. The van der Waals surface area contributed by atoms with Gasteiger partial charge in [0.2, 0.25) is 0 Å². The molecule has 2 rings (SSSR count). The molecule has 5 nitrogen and oxygen atoms in total. The Morgan fingerprint density at radius 3 is 2.64 bits per heavy atom. The van der Waals surface area contributed by atoms with E-state index in [0.717, 1.165) is 43.7 Å². The van der Waals surface area contributed by atoms with Gasteiger partial charge in [-0.3, -0.25) is 9.89 Å². The summed E-state index contributed by atoms with van der Waals surface area (Å²) >= 11 is 6.08. The van der Waals surface area contributed by atoms with Crippen molar-refractivity contribution in [3.63, 3.8) is 0 Å². The predicted octanol–water partition coefficient (Wildman–Crippen LogP) is 2.37. The minimum Gasteiger partial charge on any atom is -0.355 e. The first-order chi connectivity index (χ1) is 12.0. The molecule has 1 fully saturated rings. The molecule has 1 saturated heterocycles. The Kier molecular flexibility index (Phi) is 8.00. The van der Waals surface area contributed by atoms with Crippen molar-refractivity contribution in [2.24, 2.45) is 4.99 Å². The van der Waals surface area contributed by atoms with Gasteiger partial charge in [-0.25, -0.2) is 0 Å². The molecule has 0 saturated carbocycles. The summed E-state index contributed by atoms with van der Waals surface area (Å²) in [5.74, 6) is 0.916. The average Bonchev–Trinajstić information content (AvgIpc) is 2.62. The molecule has 25 heavy (non-hydrogen) atoms. The first-order valence-electron chi connectivity index (χ1n) is 9.16. The van der Waals surface area contributed by atoms with Crippen LogP contribution in [0.2, 0.25) is 5.02 Å². The first kappa shape index (κ1) is 20.0. The average molecular weight is 366 g/mol. The molecule has 1 N–H and O–H groups in total. The Morgan fingerprint density at radius 1 is 1.32 bits per heavy atom. The van der Waals surface area contributed by atoms with Gasteiger partial charge in [-0.1, -0.05) is 30.7 Å². The van der Waals surface area contributed by atoms with Crippen LogP contribution in [0.3, 0.4) is 0 Å². The maximum atomic E-state index is 6.08. The molecule has 0 amide bonds. The lowest BCUT2D eigenvalue weighted by molar-refractivity contribution is 0.107. The minimum absolute atomic E-state index is 0.496. The number of rotatable bonds is 6. The molecular formula is C19H32ClN5. The van der Waals surface area contributed by atoms with Gasteiger partial charge in [0.15, 0.2) is 5.96 Å². The largest absolute Gasteiger partial charge is 0.355 e. The molecule has 0 radical (unpaired) electrons. The molecule has 1 aromatic rings. The van der Waals surface area contributed by atoms with Gasteiger partial charge >= 0.3 is 0 Å². The van der Waals surface area contributed by atoms with Crippen LogP contribution in [0, 0.1) is 0 Å². The fraction of sp³-hybridized carbons (Fsp3) is 0.632. The normalized spacial score (nSPS) is 18.2. The van der Waals surface area contributed by atoms with Gasteiger partial charge in [0.05, 0.1) is 0 Å². The molecule has 1 aliphatic heterocycles. The summed E-state index contributed by atoms with van der Waals surface area (Å²) < 4.78 is 0. The molecule has 1 heterocycles. The van der Waals surface area contributed by atoms with Crippen LogP contribution >= 0.6 is 11.6 Å². The Hall–Kier alpha value is -1.30. The molecule has 0 aromatic heterocycles. The monoisotopic (exact) mass is 365 g/mol. The van der Waals surface area contributed by atoms with Gasteiger partial charge < -0.3 is 15.1 Å². The highest BCUT2D eigenvalue weighted by molar-refractivity contribution is 6.30. The number of piperazine rings is 1. The third-order valence-corrected chi connectivity index (χ3v) is 5.15. The number of likely N-dealkylation sites (N-methyl/N-ethyl adjacent to an activating group) is 1. The lowest BCUT2D eigenvalue weighted by atomic mass is 10.2. The fourth-order valence-corrected chi connectivity index (χ4v) is 3.47. The molecule has 1 aliphatic rings. The molecule has 0 bridgehead atoms. The topological polar surface area (TPSA) is 34.1 Å². The number of nitrogens with zero attached hydrogens (tertiary/aromatic N) is 4. The van der Waals surface area contributed by atoms with Gasteiger partial charge in [0.1, 0.15) is 0 Å². The Labute approximate surface area is 157 Å². The first-order valence-corrected chi connectivity index (χ1v) is 9.54. The van der Waals surface area contributed by atoms with Crippen LogP contribution in [0.5, 0.6) is 0 Å². The van der Waals surface area contributed by atoms with Crippen LogP contribution in [0.25, 0.3) is 0 Å². The van der Waals surface area contributed by atoms with E-state index >= 15 is 0 Å². The Morgan fingerprint density at radius 2 is 2.04 bits per heavy atom. The molecule has 0 aliphatic carbocycles. The van der Waals surface area contributed by atoms with Crippen molar-refractivity contribution >= 4 is 17.6 Å². The minimum atomic E-state index is 0.496. The third-order valence-electron chi connectivity index (χ3n) is 4.92. The fourth-order valence-electron chi connectivity index (χ4n) is 3.26. The van der Waals surface area contributed by atoms with Crippen LogP contribution in [0.15, 0.2) is 29.3 Å². The number of guanidine groups is 1. The van der Waals surface area contributed by atoms with Crippen LogP contribution in [0.4, 0.5) is 0 Å².